The van der Waals surface area contributed by atoms with Crippen LogP contribution in [0.25, 0.3) is 0 Å². The summed E-state index contributed by atoms with van der Waals surface area (Å²) in [7, 11) is 0. The largest absolute Gasteiger partial charge is 0.393 e. The molecule has 0 spiro atoms. The van der Waals surface area contributed by atoms with Gasteiger partial charge in [-0.3, -0.25) is 4.79 Å². The van der Waals surface area contributed by atoms with E-state index in [2.05, 4.69) is 21.2 Å². The fraction of sp³-hybridized carbons (Fsp3) is 0.900. The van der Waals surface area contributed by atoms with Crippen LogP contribution < -0.4 is 5.32 Å². The molecule has 14 heavy (non-hydrogen) atoms. The minimum absolute atomic E-state index is 0.00257. The first-order chi connectivity index (χ1) is 6.61. The first kappa shape index (κ1) is 12.0. The van der Waals surface area contributed by atoms with Crippen LogP contribution in [0.1, 0.15) is 32.6 Å². The van der Waals surface area contributed by atoms with Crippen LogP contribution in [0.3, 0.4) is 0 Å². The molecule has 1 amide bonds. The van der Waals surface area contributed by atoms with Gasteiger partial charge in [-0.05, 0) is 19.8 Å². The van der Waals surface area contributed by atoms with Gasteiger partial charge < -0.3 is 10.4 Å². The molecule has 1 fully saturated rings. The number of aliphatic hydroxyl groups is 1. The van der Waals surface area contributed by atoms with Gasteiger partial charge in [0.25, 0.3) is 0 Å². The minimum Gasteiger partial charge on any atom is -0.393 e. The lowest BCUT2D eigenvalue weighted by Gasteiger charge is -2.27. The van der Waals surface area contributed by atoms with Crippen LogP contribution >= 0.6 is 15.9 Å². The summed E-state index contributed by atoms with van der Waals surface area (Å²) < 4.78 is 0. The molecule has 3 unspecified atom stereocenters. The van der Waals surface area contributed by atoms with E-state index in [1.807, 2.05) is 0 Å². The van der Waals surface area contributed by atoms with E-state index in [1.165, 1.54) is 6.42 Å². The Hall–Kier alpha value is -0.0900. The molecule has 1 aliphatic rings. The minimum atomic E-state index is -0.227. The summed E-state index contributed by atoms with van der Waals surface area (Å²) >= 11 is 3.21. The Morgan fingerprint density at radius 3 is 2.79 bits per heavy atom. The number of carbonyl (C=O) groups excluding carboxylic acids is 1. The first-order valence-electron chi connectivity index (χ1n) is 5.21. The molecule has 0 aromatic rings. The maximum absolute atomic E-state index is 11.3. The van der Waals surface area contributed by atoms with Gasteiger partial charge in [0.15, 0.2) is 0 Å². The number of amides is 1. The molecule has 1 rings (SSSR count). The van der Waals surface area contributed by atoms with Gasteiger partial charge in [-0.25, -0.2) is 0 Å². The SMILES string of the molecule is CC(Br)C(=O)NCC1CCCCC1O. The predicted molar refractivity (Wildman–Crippen MR) is 59.4 cm³/mol. The van der Waals surface area contributed by atoms with Gasteiger partial charge in [0.2, 0.25) is 5.91 Å². The van der Waals surface area contributed by atoms with E-state index in [0.717, 1.165) is 19.3 Å². The van der Waals surface area contributed by atoms with Crippen LogP contribution in [0.4, 0.5) is 0 Å². The van der Waals surface area contributed by atoms with Crippen LogP contribution in [0.5, 0.6) is 0 Å². The Balaban J connectivity index is 2.26. The zero-order valence-electron chi connectivity index (χ0n) is 8.50. The van der Waals surface area contributed by atoms with Crippen molar-refractivity contribution in [2.45, 2.75) is 43.5 Å². The average molecular weight is 264 g/mol. The molecule has 4 heteroatoms. The molecule has 2 N–H and O–H groups in total. The number of aliphatic hydroxyl groups excluding tert-OH is 1. The molecule has 0 saturated heterocycles. The Morgan fingerprint density at radius 1 is 1.57 bits per heavy atom. The summed E-state index contributed by atoms with van der Waals surface area (Å²) in [6.07, 6.45) is 3.96. The number of hydrogen-bond acceptors (Lipinski definition) is 2. The lowest BCUT2D eigenvalue weighted by Crippen LogP contribution is -2.38. The number of halogens is 1. The van der Waals surface area contributed by atoms with Crippen molar-refractivity contribution in [1.82, 2.24) is 5.32 Å². The standard InChI is InChI=1S/C10H18BrNO2/c1-7(11)10(14)12-6-8-4-2-3-5-9(8)13/h7-9,13H,2-6H2,1H3,(H,12,14). The molecule has 3 nitrogen and oxygen atoms in total. The molecule has 82 valence electrons. The van der Waals surface area contributed by atoms with Crippen molar-refractivity contribution in [3.8, 4) is 0 Å². The lowest BCUT2D eigenvalue weighted by molar-refractivity contribution is -0.120. The van der Waals surface area contributed by atoms with E-state index < -0.39 is 0 Å². The molecule has 0 radical (unpaired) electrons. The molecule has 0 aliphatic heterocycles. The maximum atomic E-state index is 11.3. The summed E-state index contributed by atoms with van der Waals surface area (Å²) in [5.41, 5.74) is 0. The lowest BCUT2D eigenvalue weighted by atomic mass is 9.86. The Labute approximate surface area is 93.4 Å². The van der Waals surface area contributed by atoms with Crippen LogP contribution in [-0.4, -0.2) is 28.5 Å². The second-order valence-corrected chi connectivity index (χ2v) is 5.35. The third-order valence-corrected chi connectivity index (χ3v) is 3.18. The predicted octanol–water partition coefficient (Wildman–Crippen LogP) is 1.44. The summed E-state index contributed by atoms with van der Waals surface area (Å²) in [6.45, 7) is 2.41. The zero-order valence-corrected chi connectivity index (χ0v) is 10.1. The van der Waals surface area contributed by atoms with Crippen molar-refractivity contribution in [1.29, 1.82) is 0 Å². The zero-order chi connectivity index (χ0) is 10.6. The topological polar surface area (TPSA) is 49.3 Å². The summed E-state index contributed by atoms with van der Waals surface area (Å²) in [6, 6.07) is 0. The Morgan fingerprint density at radius 2 is 2.21 bits per heavy atom. The average Bonchev–Trinajstić information content (AvgIpc) is 2.16. The molecule has 1 aliphatic carbocycles. The van der Waals surface area contributed by atoms with Gasteiger partial charge >= 0.3 is 0 Å². The van der Waals surface area contributed by atoms with Gasteiger partial charge in [-0.15, -0.1) is 0 Å². The van der Waals surface area contributed by atoms with Crippen LogP contribution in [0, 0.1) is 5.92 Å². The monoisotopic (exact) mass is 263 g/mol. The number of hydrogen-bond donors (Lipinski definition) is 2. The molecular formula is C10H18BrNO2. The molecule has 0 aromatic carbocycles. The molecular weight excluding hydrogens is 246 g/mol. The van der Waals surface area contributed by atoms with Crippen molar-refractivity contribution in [2.75, 3.05) is 6.54 Å². The van der Waals surface area contributed by atoms with E-state index in [0.29, 0.717) is 6.54 Å². The van der Waals surface area contributed by atoms with Gasteiger partial charge in [0.05, 0.1) is 10.9 Å². The first-order valence-corrected chi connectivity index (χ1v) is 6.12. The smallest absolute Gasteiger partial charge is 0.233 e. The summed E-state index contributed by atoms with van der Waals surface area (Å²) in [5, 5.41) is 12.5. The van der Waals surface area contributed by atoms with E-state index in [9.17, 15) is 9.90 Å². The van der Waals surface area contributed by atoms with Crippen molar-refractivity contribution >= 4 is 21.8 Å². The van der Waals surface area contributed by atoms with Crippen molar-refractivity contribution < 1.29 is 9.90 Å². The maximum Gasteiger partial charge on any atom is 0.233 e. The van der Waals surface area contributed by atoms with E-state index >= 15 is 0 Å². The van der Waals surface area contributed by atoms with Gasteiger partial charge in [0.1, 0.15) is 0 Å². The quantitative estimate of drug-likeness (QED) is 0.758. The number of alkyl halides is 1. The fourth-order valence-electron chi connectivity index (χ4n) is 1.80. The fourth-order valence-corrected chi connectivity index (χ4v) is 1.96. The molecule has 0 aromatic heterocycles. The Bertz CT molecular complexity index is 197. The van der Waals surface area contributed by atoms with E-state index in [1.54, 1.807) is 6.92 Å². The second kappa shape index (κ2) is 5.71. The van der Waals surface area contributed by atoms with Crippen LogP contribution in [0.2, 0.25) is 0 Å². The van der Waals surface area contributed by atoms with E-state index in [4.69, 9.17) is 0 Å². The van der Waals surface area contributed by atoms with Crippen LogP contribution in [0.15, 0.2) is 0 Å². The van der Waals surface area contributed by atoms with Crippen molar-refractivity contribution in [3.05, 3.63) is 0 Å². The third-order valence-electron chi connectivity index (χ3n) is 2.77. The highest BCUT2D eigenvalue weighted by atomic mass is 79.9. The summed E-state index contributed by atoms with van der Waals surface area (Å²) in [5.74, 6) is 0.252. The highest BCUT2D eigenvalue weighted by Crippen LogP contribution is 2.23. The summed E-state index contributed by atoms with van der Waals surface area (Å²) in [4.78, 5) is 11.1. The Kier molecular flexibility index (Phi) is 4.89. The van der Waals surface area contributed by atoms with Gasteiger partial charge in [0, 0.05) is 12.5 Å². The third kappa shape index (κ3) is 3.58. The van der Waals surface area contributed by atoms with Gasteiger partial charge in [-0.1, -0.05) is 28.8 Å². The number of carbonyl (C=O) groups is 1. The van der Waals surface area contributed by atoms with Crippen LogP contribution in [-0.2, 0) is 4.79 Å². The van der Waals surface area contributed by atoms with Crippen molar-refractivity contribution in [2.24, 2.45) is 5.92 Å². The van der Waals surface area contributed by atoms with Gasteiger partial charge in [-0.2, -0.15) is 0 Å². The molecule has 1 saturated carbocycles. The highest BCUT2D eigenvalue weighted by molar-refractivity contribution is 9.10. The molecule has 0 heterocycles. The van der Waals surface area contributed by atoms with E-state index in [-0.39, 0.29) is 22.8 Å². The normalized spacial score (nSPS) is 29.6. The highest BCUT2D eigenvalue weighted by Gasteiger charge is 2.23. The molecule has 0 bridgehead atoms. The molecule has 3 atom stereocenters. The number of rotatable bonds is 3. The van der Waals surface area contributed by atoms with Crippen molar-refractivity contribution in [3.63, 3.8) is 0 Å². The number of nitrogens with one attached hydrogen (secondary N) is 1. The second-order valence-electron chi connectivity index (χ2n) is 3.97.